The van der Waals surface area contributed by atoms with Crippen molar-refractivity contribution in [3.8, 4) is 11.4 Å². The van der Waals surface area contributed by atoms with Gasteiger partial charge >= 0.3 is 0 Å². The molecule has 6 heteroatoms. The van der Waals surface area contributed by atoms with Gasteiger partial charge in [-0.2, -0.15) is 4.98 Å². The molecule has 2 aromatic heterocycles. The molecule has 0 aliphatic carbocycles. The van der Waals surface area contributed by atoms with Crippen LogP contribution >= 0.6 is 0 Å². The molecule has 1 atom stereocenters. The molecule has 2 heterocycles. The zero-order chi connectivity index (χ0) is 16.9. The van der Waals surface area contributed by atoms with E-state index in [1.807, 2.05) is 43.7 Å². The lowest BCUT2D eigenvalue weighted by atomic mass is 10.0. The normalized spacial score (nSPS) is 12.7. The third-order valence-corrected chi connectivity index (χ3v) is 4.14. The van der Waals surface area contributed by atoms with E-state index in [-0.39, 0.29) is 0 Å². The molecule has 0 saturated carbocycles. The summed E-state index contributed by atoms with van der Waals surface area (Å²) < 4.78 is 7.47. The van der Waals surface area contributed by atoms with Crippen LogP contribution in [0.5, 0.6) is 0 Å². The number of nitrogens with one attached hydrogen (secondary N) is 1. The van der Waals surface area contributed by atoms with E-state index < -0.39 is 0 Å². The van der Waals surface area contributed by atoms with Crippen LogP contribution in [-0.2, 0) is 13.1 Å². The molecule has 3 aromatic rings. The summed E-state index contributed by atoms with van der Waals surface area (Å²) in [5.41, 5.74) is 2.14. The van der Waals surface area contributed by atoms with Crippen molar-refractivity contribution in [1.29, 1.82) is 0 Å². The maximum absolute atomic E-state index is 5.40. The third kappa shape index (κ3) is 3.89. The largest absolute Gasteiger partial charge is 0.338 e. The van der Waals surface area contributed by atoms with Crippen LogP contribution in [0.1, 0.15) is 25.3 Å². The fourth-order valence-corrected chi connectivity index (χ4v) is 2.61. The van der Waals surface area contributed by atoms with Gasteiger partial charge in [-0.1, -0.05) is 43.3 Å². The Bertz CT molecular complexity index is 763. The van der Waals surface area contributed by atoms with Gasteiger partial charge in [-0.25, -0.2) is 4.98 Å². The molecule has 126 valence electrons. The lowest BCUT2D eigenvalue weighted by Gasteiger charge is -2.22. The highest BCUT2D eigenvalue weighted by Crippen LogP contribution is 2.19. The first-order valence-corrected chi connectivity index (χ1v) is 8.21. The number of hydrogen-bond donors (Lipinski definition) is 1. The summed E-state index contributed by atoms with van der Waals surface area (Å²) in [7, 11) is 0. The Balaban J connectivity index is 1.64. The first kappa shape index (κ1) is 16.4. The molecular weight excluding hydrogens is 302 g/mol. The van der Waals surface area contributed by atoms with Crippen molar-refractivity contribution in [2.45, 2.75) is 39.9 Å². The fourth-order valence-electron chi connectivity index (χ4n) is 2.61. The predicted molar refractivity (Wildman–Crippen MR) is 92.2 cm³/mol. The molecule has 0 spiro atoms. The lowest BCUT2D eigenvalue weighted by molar-refractivity contribution is 0.315. The quantitative estimate of drug-likeness (QED) is 0.723. The topological polar surface area (TPSA) is 68.8 Å². The minimum absolute atomic E-state index is 0.299. The molecule has 1 aromatic carbocycles. The van der Waals surface area contributed by atoms with Gasteiger partial charge in [-0.3, -0.25) is 0 Å². The Kier molecular flexibility index (Phi) is 5.05. The molecule has 0 bridgehead atoms. The average molecular weight is 325 g/mol. The molecule has 0 saturated heterocycles. The van der Waals surface area contributed by atoms with Crippen LogP contribution in [0.2, 0.25) is 0 Å². The van der Waals surface area contributed by atoms with Gasteiger partial charge in [-0.15, -0.1) is 0 Å². The van der Waals surface area contributed by atoms with E-state index in [4.69, 9.17) is 4.52 Å². The monoisotopic (exact) mass is 325 g/mol. The van der Waals surface area contributed by atoms with E-state index >= 15 is 0 Å². The Hall–Kier alpha value is -2.47. The van der Waals surface area contributed by atoms with Gasteiger partial charge in [0.1, 0.15) is 0 Å². The maximum Gasteiger partial charge on any atom is 0.240 e. The SMILES string of the molecule is Cc1ccccc1-c1noc(CN[C@@H](Cn2ccnc2)C(C)C)n1. The summed E-state index contributed by atoms with van der Waals surface area (Å²) in [6, 6.07) is 8.34. The van der Waals surface area contributed by atoms with Gasteiger partial charge in [0.15, 0.2) is 0 Å². The number of rotatable bonds is 7. The van der Waals surface area contributed by atoms with Gasteiger partial charge in [0.2, 0.25) is 11.7 Å². The average Bonchev–Trinajstić information content (AvgIpc) is 3.23. The minimum Gasteiger partial charge on any atom is -0.338 e. The van der Waals surface area contributed by atoms with Crippen molar-refractivity contribution in [3.05, 3.63) is 54.4 Å². The Morgan fingerprint density at radius 2 is 2.08 bits per heavy atom. The van der Waals surface area contributed by atoms with Crippen LogP contribution in [0.4, 0.5) is 0 Å². The van der Waals surface area contributed by atoms with E-state index in [2.05, 4.69) is 38.9 Å². The fraction of sp³-hybridized carbons (Fsp3) is 0.389. The second-order valence-corrected chi connectivity index (χ2v) is 6.32. The summed E-state index contributed by atoms with van der Waals surface area (Å²) >= 11 is 0. The smallest absolute Gasteiger partial charge is 0.240 e. The van der Waals surface area contributed by atoms with Crippen LogP contribution in [0.25, 0.3) is 11.4 Å². The Labute approximate surface area is 141 Å². The molecule has 3 rings (SSSR count). The van der Waals surface area contributed by atoms with E-state index in [9.17, 15) is 0 Å². The minimum atomic E-state index is 0.299. The standard InChI is InChI=1S/C18H23N5O/c1-13(2)16(11-23-9-8-19-12-23)20-10-17-21-18(22-24-17)15-7-5-4-6-14(15)3/h4-9,12-13,16,20H,10-11H2,1-3H3/t16-/m0/s1. The van der Waals surface area contributed by atoms with Crippen molar-refractivity contribution in [2.24, 2.45) is 5.92 Å². The molecule has 0 amide bonds. The van der Waals surface area contributed by atoms with Crippen LogP contribution < -0.4 is 5.32 Å². The number of nitrogens with zero attached hydrogens (tertiary/aromatic N) is 4. The van der Waals surface area contributed by atoms with Gasteiger partial charge in [-0.05, 0) is 18.4 Å². The second kappa shape index (κ2) is 7.40. The molecule has 0 aliphatic heterocycles. The summed E-state index contributed by atoms with van der Waals surface area (Å²) in [6.45, 7) is 7.85. The van der Waals surface area contributed by atoms with Crippen molar-refractivity contribution in [2.75, 3.05) is 0 Å². The molecule has 0 radical (unpaired) electrons. The van der Waals surface area contributed by atoms with Crippen molar-refractivity contribution >= 4 is 0 Å². The number of benzene rings is 1. The first-order chi connectivity index (χ1) is 11.6. The Morgan fingerprint density at radius 3 is 2.79 bits per heavy atom. The molecule has 6 nitrogen and oxygen atoms in total. The van der Waals surface area contributed by atoms with Crippen molar-refractivity contribution in [1.82, 2.24) is 25.0 Å². The van der Waals surface area contributed by atoms with E-state index in [0.717, 1.165) is 17.7 Å². The van der Waals surface area contributed by atoms with Crippen molar-refractivity contribution < 1.29 is 4.52 Å². The van der Waals surface area contributed by atoms with Gasteiger partial charge < -0.3 is 14.4 Å². The van der Waals surface area contributed by atoms with E-state index in [1.165, 1.54) is 0 Å². The number of aromatic nitrogens is 4. The predicted octanol–water partition coefficient (Wildman–Crippen LogP) is 3.06. The van der Waals surface area contributed by atoms with Gasteiger partial charge in [0.25, 0.3) is 0 Å². The highest BCUT2D eigenvalue weighted by atomic mass is 16.5. The molecule has 0 fully saturated rings. The van der Waals surface area contributed by atoms with E-state index in [0.29, 0.717) is 30.2 Å². The first-order valence-electron chi connectivity index (χ1n) is 8.21. The lowest BCUT2D eigenvalue weighted by Crippen LogP contribution is -2.37. The van der Waals surface area contributed by atoms with Crippen molar-refractivity contribution in [3.63, 3.8) is 0 Å². The zero-order valence-corrected chi connectivity index (χ0v) is 14.3. The highest BCUT2D eigenvalue weighted by Gasteiger charge is 2.16. The summed E-state index contributed by atoms with van der Waals surface area (Å²) in [5, 5.41) is 7.61. The molecular formula is C18H23N5O. The molecule has 0 unspecified atom stereocenters. The Morgan fingerprint density at radius 1 is 1.25 bits per heavy atom. The van der Waals surface area contributed by atoms with Crippen LogP contribution in [0.3, 0.4) is 0 Å². The summed E-state index contributed by atoms with van der Waals surface area (Å²) in [4.78, 5) is 8.60. The molecule has 24 heavy (non-hydrogen) atoms. The molecule has 1 N–H and O–H groups in total. The van der Waals surface area contributed by atoms with Gasteiger partial charge in [0, 0.05) is 30.5 Å². The summed E-state index contributed by atoms with van der Waals surface area (Å²) in [5.74, 6) is 1.72. The molecule has 0 aliphatic rings. The van der Waals surface area contributed by atoms with Crippen LogP contribution in [0.15, 0.2) is 47.5 Å². The maximum atomic E-state index is 5.40. The number of aryl methyl sites for hydroxylation is 1. The van der Waals surface area contributed by atoms with Crippen LogP contribution in [-0.4, -0.2) is 25.7 Å². The van der Waals surface area contributed by atoms with E-state index in [1.54, 1.807) is 6.20 Å². The number of imidazole rings is 1. The van der Waals surface area contributed by atoms with Crippen LogP contribution in [0, 0.1) is 12.8 Å². The third-order valence-electron chi connectivity index (χ3n) is 4.14. The second-order valence-electron chi connectivity index (χ2n) is 6.32. The highest BCUT2D eigenvalue weighted by molar-refractivity contribution is 5.58. The number of hydrogen-bond acceptors (Lipinski definition) is 5. The zero-order valence-electron chi connectivity index (χ0n) is 14.3. The van der Waals surface area contributed by atoms with Gasteiger partial charge in [0.05, 0.1) is 12.9 Å². The summed E-state index contributed by atoms with van der Waals surface area (Å²) in [6.07, 6.45) is 5.60.